The lowest BCUT2D eigenvalue weighted by Crippen LogP contribution is -2.44. The van der Waals surface area contributed by atoms with Gasteiger partial charge in [-0.3, -0.25) is 0 Å². The molecule has 0 saturated carbocycles. The zero-order valence-electron chi connectivity index (χ0n) is 11.3. The highest BCUT2D eigenvalue weighted by Crippen LogP contribution is 2.27. The number of nitrogens with two attached hydrogens (primary N) is 1. The van der Waals surface area contributed by atoms with E-state index in [0.29, 0.717) is 5.92 Å². The monoisotopic (exact) mass is 265 g/mol. The number of nitrogen functional groups attached to an aromatic ring is 1. The maximum atomic E-state index is 5.94. The number of rotatable bonds is 4. The molecule has 1 heterocycles. The molecule has 4 heteroatoms. The second-order valence-corrected chi connectivity index (χ2v) is 5.80. The second-order valence-electron chi connectivity index (χ2n) is 4.95. The summed E-state index contributed by atoms with van der Waals surface area (Å²) in [6, 6.07) is 6.45. The Balaban J connectivity index is 2.01. The first-order chi connectivity index (χ1) is 8.70. The number of piperazine rings is 1. The van der Waals surface area contributed by atoms with Gasteiger partial charge in [0.2, 0.25) is 0 Å². The molecule has 1 aromatic rings. The fraction of sp³-hybridized carbons (Fsp3) is 0.571. The average Bonchev–Trinajstić information content (AvgIpc) is 2.40. The number of nitrogens with one attached hydrogen (secondary N) is 1. The summed E-state index contributed by atoms with van der Waals surface area (Å²) >= 11 is 1.72. The van der Waals surface area contributed by atoms with Gasteiger partial charge in [-0.05, 0) is 29.9 Å². The maximum Gasteiger partial charge on any atom is 0.0452 e. The van der Waals surface area contributed by atoms with Crippen LogP contribution in [0.3, 0.4) is 0 Å². The molecule has 3 nitrogen and oxygen atoms in total. The summed E-state index contributed by atoms with van der Waals surface area (Å²) in [5.74, 6) is 0.564. The van der Waals surface area contributed by atoms with Crippen molar-refractivity contribution in [2.24, 2.45) is 0 Å². The Kier molecular flexibility index (Phi) is 4.92. The zero-order valence-corrected chi connectivity index (χ0v) is 12.1. The van der Waals surface area contributed by atoms with E-state index in [9.17, 15) is 0 Å². The van der Waals surface area contributed by atoms with Crippen molar-refractivity contribution < 1.29 is 0 Å². The van der Waals surface area contributed by atoms with Crippen LogP contribution in [0.15, 0.2) is 23.1 Å². The second kappa shape index (κ2) is 6.45. The van der Waals surface area contributed by atoms with Gasteiger partial charge >= 0.3 is 0 Å². The number of anilines is 1. The molecule has 3 N–H and O–H groups in total. The first-order valence-electron chi connectivity index (χ1n) is 6.57. The lowest BCUT2D eigenvalue weighted by atomic mass is 10.00. The summed E-state index contributed by atoms with van der Waals surface area (Å²) in [4.78, 5) is 3.73. The van der Waals surface area contributed by atoms with E-state index < -0.39 is 0 Å². The third-order valence-electron chi connectivity index (χ3n) is 3.57. The molecule has 1 fully saturated rings. The van der Waals surface area contributed by atoms with E-state index in [-0.39, 0.29) is 0 Å². The molecule has 2 rings (SSSR count). The van der Waals surface area contributed by atoms with Gasteiger partial charge in [-0.15, -0.1) is 11.8 Å². The molecule has 1 atom stereocenters. The van der Waals surface area contributed by atoms with Crippen LogP contribution in [0.2, 0.25) is 0 Å². The normalized spacial score (nSPS) is 18.8. The quantitative estimate of drug-likeness (QED) is 0.645. The van der Waals surface area contributed by atoms with Crippen LogP contribution in [-0.4, -0.2) is 43.9 Å². The highest BCUT2D eigenvalue weighted by atomic mass is 32.2. The van der Waals surface area contributed by atoms with Crippen LogP contribution in [0.1, 0.15) is 18.4 Å². The highest BCUT2D eigenvalue weighted by Gasteiger charge is 2.15. The summed E-state index contributed by atoms with van der Waals surface area (Å²) in [5.41, 5.74) is 8.23. The van der Waals surface area contributed by atoms with Crippen LogP contribution < -0.4 is 11.1 Å². The van der Waals surface area contributed by atoms with Gasteiger partial charge in [0.05, 0.1) is 0 Å². The third kappa shape index (κ3) is 3.40. The van der Waals surface area contributed by atoms with Gasteiger partial charge in [0.25, 0.3) is 0 Å². The topological polar surface area (TPSA) is 41.3 Å². The molecule has 1 unspecified atom stereocenters. The number of hydrogen-bond donors (Lipinski definition) is 2. The first-order valence-corrected chi connectivity index (χ1v) is 7.79. The summed E-state index contributed by atoms with van der Waals surface area (Å²) in [6.07, 6.45) is 2.08. The molecule has 0 aliphatic carbocycles. The van der Waals surface area contributed by atoms with Crippen molar-refractivity contribution in [3.05, 3.63) is 23.8 Å². The molecule has 1 aliphatic heterocycles. The summed E-state index contributed by atoms with van der Waals surface area (Å²) in [7, 11) is 0. The minimum atomic E-state index is 0.564. The lowest BCUT2D eigenvalue weighted by molar-refractivity contribution is 0.230. The van der Waals surface area contributed by atoms with E-state index in [2.05, 4.69) is 35.5 Å². The van der Waals surface area contributed by atoms with Crippen molar-refractivity contribution in [3.8, 4) is 0 Å². The lowest BCUT2D eigenvalue weighted by Gasteiger charge is -2.30. The molecule has 0 spiro atoms. The largest absolute Gasteiger partial charge is 0.398 e. The summed E-state index contributed by atoms with van der Waals surface area (Å²) in [6.45, 7) is 8.00. The van der Waals surface area contributed by atoms with E-state index in [1.807, 2.05) is 6.07 Å². The van der Waals surface area contributed by atoms with Crippen LogP contribution in [0.25, 0.3) is 0 Å². The predicted molar refractivity (Wildman–Crippen MR) is 80.4 cm³/mol. The van der Waals surface area contributed by atoms with Gasteiger partial charge in [0.15, 0.2) is 0 Å². The van der Waals surface area contributed by atoms with E-state index in [1.165, 1.54) is 10.5 Å². The van der Waals surface area contributed by atoms with E-state index in [4.69, 9.17) is 5.73 Å². The number of benzene rings is 1. The number of hydrogen-bond acceptors (Lipinski definition) is 4. The van der Waals surface area contributed by atoms with Crippen molar-refractivity contribution in [1.82, 2.24) is 10.2 Å². The van der Waals surface area contributed by atoms with Crippen LogP contribution in [0.5, 0.6) is 0 Å². The molecule has 0 amide bonds. The van der Waals surface area contributed by atoms with Gasteiger partial charge in [-0.1, -0.05) is 13.0 Å². The Labute approximate surface area is 114 Å². The minimum Gasteiger partial charge on any atom is -0.398 e. The average molecular weight is 265 g/mol. The summed E-state index contributed by atoms with van der Waals surface area (Å²) < 4.78 is 0. The molecule has 18 heavy (non-hydrogen) atoms. The fourth-order valence-corrected chi connectivity index (χ4v) is 2.98. The van der Waals surface area contributed by atoms with E-state index in [1.54, 1.807) is 11.8 Å². The van der Waals surface area contributed by atoms with Crippen molar-refractivity contribution in [2.75, 3.05) is 44.7 Å². The van der Waals surface area contributed by atoms with Crippen LogP contribution >= 0.6 is 11.8 Å². The van der Waals surface area contributed by atoms with Gasteiger partial charge in [-0.25, -0.2) is 0 Å². The summed E-state index contributed by atoms with van der Waals surface area (Å²) in [5, 5.41) is 3.39. The van der Waals surface area contributed by atoms with E-state index in [0.717, 1.165) is 38.4 Å². The molecule has 0 aromatic heterocycles. The standard InChI is InChI=1S/C14H23N3S/c1-11(10-17-7-5-16-6-8-17)12-3-4-13(15)14(9-12)18-2/h3-4,9,11,16H,5-8,10,15H2,1-2H3. The smallest absolute Gasteiger partial charge is 0.0452 e. The third-order valence-corrected chi connectivity index (χ3v) is 4.36. The van der Waals surface area contributed by atoms with Crippen LogP contribution in [0.4, 0.5) is 5.69 Å². The Morgan fingerprint density at radius 1 is 1.39 bits per heavy atom. The number of nitrogens with zero attached hydrogens (tertiary/aromatic N) is 1. The van der Waals surface area contributed by atoms with Gasteiger partial charge < -0.3 is 16.0 Å². The van der Waals surface area contributed by atoms with Gasteiger partial charge in [-0.2, -0.15) is 0 Å². The molecular formula is C14H23N3S. The molecule has 1 aromatic carbocycles. The van der Waals surface area contributed by atoms with Crippen molar-refractivity contribution in [3.63, 3.8) is 0 Å². The predicted octanol–water partition coefficient (Wildman–Crippen LogP) is 2.00. The molecule has 1 saturated heterocycles. The Hall–Kier alpha value is -0.710. The fourth-order valence-electron chi connectivity index (χ4n) is 2.42. The Bertz CT molecular complexity index is 389. The van der Waals surface area contributed by atoms with Crippen molar-refractivity contribution >= 4 is 17.4 Å². The maximum absolute atomic E-state index is 5.94. The molecule has 100 valence electrons. The highest BCUT2D eigenvalue weighted by molar-refractivity contribution is 7.98. The minimum absolute atomic E-state index is 0.564. The zero-order chi connectivity index (χ0) is 13.0. The molecule has 1 aliphatic rings. The van der Waals surface area contributed by atoms with Crippen molar-refractivity contribution in [2.45, 2.75) is 17.7 Å². The molecule has 0 bridgehead atoms. The van der Waals surface area contributed by atoms with E-state index >= 15 is 0 Å². The Morgan fingerprint density at radius 3 is 2.78 bits per heavy atom. The Morgan fingerprint density at radius 2 is 2.11 bits per heavy atom. The molecule has 0 radical (unpaired) electrons. The van der Waals surface area contributed by atoms with Crippen molar-refractivity contribution in [1.29, 1.82) is 0 Å². The van der Waals surface area contributed by atoms with Gasteiger partial charge in [0, 0.05) is 43.3 Å². The van der Waals surface area contributed by atoms with Crippen LogP contribution in [-0.2, 0) is 0 Å². The number of thioether (sulfide) groups is 1. The molecular weight excluding hydrogens is 242 g/mol. The van der Waals surface area contributed by atoms with Gasteiger partial charge in [0.1, 0.15) is 0 Å². The SMILES string of the molecule is CSc1cc(C(C)CN2CCNCC2)ccc1N. The first kappa shape index (κ1) is 13.7. The van der Waals surface area contributed by atoms with Crippen LogP contribution in [0, 0.1) is 0 Å².